The molecule has 0 radical (unpaired) electrons. The fourth-order valence-electron chi connectivity index (χ4n) is 3.21. The van der Waals surface area contributed by atoms with E-state index in [0.717, 1.165) is 11.1 Å². The Labute approximate surface area is 175 Å². The van der Waals surface area contributed by atoms with Gasteiger partial charge >= 0.3 is 0 Å². The summed E-state index contributed by atoms with van der Waals surface area (Å²) in [6, 6.07) is 18.0. The fourth-order valence-corrected chi connectivity index (χ4v) is 3.21. The highest BCUT2D eigenvalue weighted by Gasteiger charge is 2.30. The lowest BCUT2D eigenvalue weighted by Gasteiger charge is -2.31. The van der Waals surface area contributed by atoms with Gasteiger partial charge in [0.1, 0.15) is 11.9 Å². The van der Waals surface area contributed by atoms with Crippen LogP contribution in [0.5, 0.6) is 0 Å². The Balaban J connectivity index is 1.89. The summed E-state index contributed by atoms with van der Waals surface area (Å²) in [6.45, 7) is 2.29. The van der Waals surface area contributed by atoms with Crippen LogP contribution in [0.15, 0.2) is 79.1 Å². The molecule has 0 aliphatic heterocycles. The first-order valence-electron chi connectivity index (χ1n) is 9.84. The van der Waals surface area contributed by atoms with Gasteiger partial charge in [0, 0.05) is 31.9 Å². The third-order valence-electron chi connectivity index (χ3n) is 4.78. The summed E-state index contributed by atoms with van der Waals surface area (Å²) in [7, 11) is 0. The molecule has 0 unspecified atom stereocenters. The highest BCUT2D eigenvalue weighted by Crippen LogP contribution is 2.25. The molecule has 1 atom stereocenters. The fraction of sp³-hybridized carbons (Fsp3) is 0.208. The second-order valence-electron chi connectivity index (χ2n) is 6.89. The van der Waals surface area contributed by atoms with Gasteiger partial charge in [0.2, 0.25) is 11.8 Å². The lowest BCUT2D eigenvalue weighted by Crippen LogP contribution is -2.43. The van der Waals surface area contributed by atoms with Gasteiger partial charge in [0.15, 0.2) is 0 Å². The minimum atomic E-state index is -0.800. The number of hydrogen-bond donors (Lipinski definition) is 1. The summed E-state index contributed by atoms with van der Waals surface area (Å²) in [5.41, 5.74) is 2.38. The molecule has 6 heteroatoms. The Morgan fingerprint density at radius 2 is 1.63 bits per heavy atom. The number of rotatable bonds is 8. The highest BCUT2D eigenvalue weighted by atomic mass is 19.1. The monoisotopic (exact) mass is 405 g/mol. The van der Waals surface area contributed by atoms with E-state index in [4.69, 9.17) is 0 Å². The van der Waals surface area contributed by atoms with Crippen LogP contribution in [0, 0.1) is 5.82 Å². The molecule has 1 heterocycles. The molecule has 0 fully saturated rings. The van der Waals surface area contributed by atoms with Crippen LogP contribution < -0.4 is 5.32 Å². The molecule has 2 amide bonds. The van der Waals surface area contributed by atoms with Crippen LogP contribution in [0.1, 0.15) is 36.1 Å². The average molecular weight is 405 g/mol. The van der Waals surface area contributed by atoms with Crippen molar-refractivity contribution in [1.82, 2.24) is 15.2 Å². The second kappa shape index (κ2) is 10.3. The minimum absolute atomic E-state index is 0.160. The number of halogens is 1. The normalized spacial score (nSPS) is 11.5. The van der Waals surface area contributed by atoms with Gasteiger partial charge in [-0.2, -0.15) is 0 Å². The van der Waals surface area contributed by atoms with Gasteiger partial charge in [0.25, 0.3) is 0 Å². The van der Waals surface area contributed by atoms with Crippen molar-refractivity contribution >= 4 is 11.8 Å². The third kappa shape index (κ3) is 5.50. The van der Waals surface area contributed by atoms with Crippen molar-refractivity contribution < 1.29 is 14.0 Å². The number of hydrogen-bond acceptors (Lipinski definition) is 3. The Bertz CT molecular complexity index is 963. The standard InChI is InChI=1S/C24H24FN3O2/c1-2-22(29)28(17-19-8-10-21(25)11-9-19)23(20-6-4-3-5-7-20)24(30)27-16-18-12-14-26-15-13-18/h3-15,23H,2,16-17H2,1H3,(H,27,30)/t23-/m1/s1. The van der Waals surface area contributed by atoms with Crippen molar-refractivity contribution in [3.63, 3.8) is 0 Å². The Morgan fingerprint density at radius 1 is 0.967 bits per heavy atom. The van der Waals surface area contributed by atoms with E-state index in [1.807, 2.05) is 42.5 Å². The van der Waals surface area contributed by atoms with E-state index in [0.29, 0.717) is 12.1 Å². The van der Waals surface area contributed by atoms with Crippen molar-refractivity contribution in [2.75, 3.05) is 0 Å². The molecule has 5 nitrogen and oxygen atoms in total. The molecule has 154 valence electrons. The number of pyridine rings is 1. The maximum Gasteiger partial charge on any atom is 0.247 e. The maximum absolute atomic E-state index is 13.3. The topological polar surface area (TPSA) is 62.3 Å². The third-order valence-corrected chi connectivity index (χ3v) is 4.78. The van der Waals surface area contributed by atoms with Gasteiger partial charge in [-0.25, -0.2) is 4.39 Å². The van der Waals surface area contributed by atoms with Crippen LogP contribution in [0.25, 0.3) is 0 Å². The first-order chi connectivity index (χ1) is 14.6. The molecule has 1 aromatic heterocycles. The first-order valence-corrected chi connectivity index (χ1v) is 9.84. The zero-order valence-electron chi connectivity index (χ0n) is 16.8. The van der Waals surface area contributed by atoms with Crippen molar-refractivity contribution in [2.24, 2.45) is 0 Å². The van der Waals surface area contributed by atoms with Crippen LogP contribution in [0.2, 0.25) is 0 Å². The smallest absolute Gasteiger partial charge is 0.247 e. The maximum atomic E-state index is 13.3. The van der Waals surface area contributed by atoms with Gasteiger partial charge in [-0.15, -0.1) is 0 Å². The summed E-state index contributed by atoms with van der Waals surface area (Å²) in [5, 5.41) is 2.93. The van der Waals surface area contributed by atoms with E-state index < -0.39 is 6.04 Å². The van der Waals surface area contributed by atoms with Crippen LogP contribution >= 0.6 is 0 Å². The number of aromatic nitrogens is 1. The van der Waals surface area contributed by atoms with Crippen molar-refractivity contribution in [1.29, 1.82) is 0 Å². The zero-order chi connectivity index (χ0) is 21.3. The Kier molecular flexibility index (Phi) is 7.27. The summed E-state index contributed by atoms with van der Waals surface area (Å²) in [4.78, 5) is 31.6. The molecule has 3 rings (SSSR count). The van der Waals surface area contributed by atoms with Gasteiger partial charge in [0.05, 0.1) is 0 Å². The number of carbonyl (C=O) groups excluding carboxylic acids is 2. The Morgan fingerprint density at radius 3 is 2.27 bits per heavy atom. The molecular weight excluding hydrogens is 381 g/mol. The number of nitrogens with one attached hydrogen (secondary N) is 1. The molecule has 2 aromatic carbocycles. The quantitative estimate of drug-likeness (QED) is 0.616. The van der Waals surface area contributed by atoms with E-state index in [1.165, 1.54) is 12.1 Å². The van der Waals surface area contributed by atoms with E-state index in [-0.39, 0.29) is 30.6 Å². The zero-order valence-corrected chi connectivity index (χ0v) is 16.8. The molecule has 0 aliphatic carbocycles. The average Bonchev–Trinajstić information content (AvgIpc) is 2.79. The molecule has 0 saturated heterocycles. The summed E-state index contributed by atoms with van der Waals surface area (Å²) >= 11 is 0. The number of benzene rings is 2. The lowest BCUT2D eigenvalue weighted by atomic mass is 10.0. The number of amides is 2. The predicted octanol–water partition coefficient (Wildman–Crippen LogP) is 4.02. The minimum Gasteiger partial charge on any atom is -0.350 e. The molecule has 0 spiro atoms. The Hall–Kier alpha value is -3.54. The summed E-state index contributed by atoms with van der Waals surface area (Å²) in [6.07, 6.45) is 3.58. The first kappa shape index (κ1) is 21.2. The van der Waals surface area contributed by atoms with Crippen LogP contribution in [0.4, 0.5) is 4.39 Å². The van der Waals surface area contributed by atoms with Crippen LogP contribution in [-0.4, -0.2) is 21.7 Å². The van der Waals surface area contributed by atoms with Gasteiger partial charge in [-0.05, 0) is 41.0 Å². The molecule has 0 saturated carbocycles. The van der Waals surface area contributed by atoms with Crippen molar-refractivity contribution in [3.05, 3.63) is 102 Å². The van der Waals surface area contributed by atoms with Crippen molar-refractivity contribution in [2.45, 2.75) is 32.5 Å². The van der Waals surface area contributed by atoms with Gasteiger partial charge < -0.3 is 10.2 Å². The van der Waals surface area contributed by atoms with E-state index in [1.54, 1.807) is 36.4 Å². The van der Waals surface area contributed by atoms with Crippen molar-refractivity contribution in [3.8, 4) is 0 Å². The molecule has 0 bridgehead atoms. The summed E-state index contributed by atoms with van der Waals surface area (Å²) < 4.78 is 13.3. The van der Waals surface area contributed by atoms with Gasteiger partial charge in [-0.3, -0.25) is 14.6 Å². The molecule has 3 aromatic rings. The van der Waals surface area contributed by atoms with Gasteiger partial charge in [-0.1, -0.05) is 49.4 Å². The molecule has 0 aliphatic rings. The van der Waals surface area contributed by atoms with Crippen LogP contribution in [-0.2, 0) is 22.7 Å². The second-order valence-corrected chi connectivity index (χ2v) is 6.89. The van der Waals surface area contributed by atoms with E-state index in [2.05, 4.69) is 10.3 Å². The number of carbonyl (C=O) groups is 2. The largest absolute Gasteiger partial charge is 0.350 e. The molecular formula is C24H24FN3O2. The molecule has 30 heavy (non-hydrogen) atoms. The molecule has 1 N–H and O–H groups in total. The highest BCUT2D eigenvalue weighted by molar-refractivity contribution is 5.88. The SMILES string of the molecule is CCC(=O)N(Cc1ccc(F)cc1)[C@@H](C(=O)NCc1ccncc1)c1ccccc1. The number of nitrogens with zero attached hydrogens (tertiary/aromatic N) is 2. The predicted molar refractivity (Wildman–Crippen MR) is 113 cm³/mol. The summed E-state index contributed by atoms with van der Waals surface area (Å²) in [5.74, 6) is -0.781. The van der Waals surface area contributed by atoms with E-state index in [9.17, 15) is 14.0 Å². The lowest BCUT2D eigenvalue weighted by molar-refractivity contribution is -0.141. The van der Waals surface area contributed by atoms with Crippen LogP contribution in [0.3, 0.4) is 0 Å². The van der Waals surface area contributed by atoms with E-state index >= 15 is 0 Å².